The third-order valence-electron chi connectivity index (χ3n) is 5.26. The van der Waals surface area contributed by atoms with Gasteiger partial charge in [-0.25, -0.2) is 9.38 Å². The highest BCUT2D eigenvalue weighted by molar-refractivity contribution is 6.30. The minimum Gasteiger partial charge on any atom is -0.376 e. The van der Waals surface area contributed by atoms with Crippen LogP contribution in [0.25, 0.3) is 0 Å². The molecule has 2 aliphatic heterocycles. The fourth-order valence-electron chi connectivity index (χ4n) is 3.65. The predicted octanol–water partition coefficient (Wildman–Crippen LogP) is 3.99. The van der Waals surface area contributed by atoms with Crippen LogP contribution in [-0.4, -0.2) is 55.9 Å². The summed E-state index contributed by atoms with van der Waals surface area (Å²) in [6, 6.07) is 4.75. The predicted molar refractivity (Wildman–Crippen MR) is 110 cm³/mol. The van der Waals surface area contributed by atoms with E-state index in [9.17, 15) is 4.39 Å². The SMILES string of the molecule is CCNC(=NCc1ccc(F)c(Cl)c1)N1CCC(OCC2CCCCO2)CC1. The van der Waals surface area contributed by atoms with Crippen molar-refractivity contribution >= 4 is 17.6 Å². The maximum atomic E-state index is 13.3. The van der Waals surface area contributed by atoms with Crippen molar-refractivity contribution in [3.8, 4) is 0 Å². The van der Waals surface area contributed by atoms with E-state index in [-0.39, 0.29) is 11.1 Å². The zero-order valence-electron chi connectivity index (χ0n) is 16.6. The Morgan fingerprint density at radius 1 is 1.32 bits per heavy atom. The van der Waals surface area contributed by atoms with Gasteiger partial charge in [-0.3, -0.25) is 0 Å². The lowest BCUT2D eigenvalue weighted by Crippen LogP contribution is -2.47. The van der Waals surface area contributed by atoms with Gasteiger partial charge in [0.05, 0.1) is 30.4 Å². The van der Waals surface area contributed by atoms with Crippen molar-refractivity contribution in [2.45, 2.75) is 57.8 Å². The van der Waals surface area contributed by atoms with E-state index in [0.717, 1.165) is 57.0 Å². The van der Waals surface area contributed by atoms with Crippen LogP contribution in [-0.2, 0) is 16.0 Å². The average Bonchev–Trinajstić information content (AvgIpc) is 2.73. The first-order valence-electron chi connectivity index (χ1n) is 10.4. The zero-order valence-corrected chi connectivity index (χ0v) is 17.4. The van der Waals surface area contributed by atoms with Crippen molar-refractivity contribution in [3.05, 3.63) is 34.6 Å². The lowest BCUT2D eigenvalue weighted by molar-refractivity contribution is -0.0721. The molecular weight excluding hydrogens is 381 g/mol. The maximum Gasteiger partial charge on any atom is 0.194 e. The first kappa shape index (κ1) is 21.3. The van der Waals surface area contributed by atoms with Crippen LogP contribution < -0.4 is 5.32 Å². The van der Waals surface area contributed by atoms with Crippen LogP contribution >= 0.6 is 11.6 Å². The molecule has 1 atom stereocenters. The molecule has 156 valence electrons. The number of aliphatic imine (C=N–C) groups is 1. The van der Waals surface area contributed by atoms with E-state index in [1.54, 1.807) is 12.1 Å². The highest BCUT2D eigenvalue weighted by Crippen LogP contribution is 2.19. The van der Waals surface area contributed by atoms with E-state index in [1.807, 2.05) is 0 Å². The largest absolute Gasteiger partial charge is 0.376 e. The molecule has 2 saturated heterocycles. The molecule has 1 N–H and O–H groups in total. The molecule has 0 saturated carbocycles. The Morgan fingerprint density at radius 3 is 2.82 bits per heavy atom. The van der Waals surface area contributed by atoms with Crippen LogP contribution in [0.1, 0.15) is 44.6 Å². The summed E-state index contributed by atoms with van der Waals surface area (Å²) in [6.45, 7) is 6.73. The van der Waals surface area contributed by atoms with E-state index in [0.29, 0.717) is 19.3 Å². The van der Waals surface area contributed by atoms with Gasteiger partial charge in [0, 0.05) is 26.2 Å². The second-order valence-electron chi connectivity index (χ2n) is 7.43. The third kappa shape index (κ3) is 6.33. The number of piperidine rings is 1. The van der Waals surface area contributed by atoms with Crippen LogP contribution in [0.3, 0.4) is 0 Å². The number of hydrogen-bond acceptors (Lipinski definition) is 3. The highest BCUT2D eigenvalue weighted by Gasteiger charge is 2.23. The second-order valence-corrected chi connectivity index (χ2v) is 7.83. The average molecular weight is 412 g/mol. The van der Waals surface area contributed by atoms with E-state index in [2.05, 4.69) is 17.1 Å². The Bertz CT molecular complexity index is 645. The summed E-state index contributed by atoms with van der Waals surface area (Å²) in [4.78, 5) is 6.98. The highest BCUT2D eigenvalue weighted by atomic mass is 35.5. The molecule has 1 unspecified atom stereocenters. The van der Waals surface area contributed by atoms with E-state index < -0.39 is 5.82 Å². The van der Waals surface area contributed by atoms with E-state index >= 15 is 0 Å². The van der Waals surface area contributed by atoms with Crippen LogP contribution in [0.5, 0.6) is 0 Å². The molecule has 0 bridgehead atoms. The number of rotatable bonds is 6. The molecular formula is C21H31ClFN3O2. The molecule has 0 radical (unpaired) electrons. The van der Waals surface area contributed by atoms with Gasteiger partial charge in [0.25, 0.3) is 0 Å². The van der Waals surface area contributed by atoms with Gasteiger partial charge in [0.2, 0.25) is 0 Å². The van der Waals surface area contributed by atoms with E-state index in [4.69, 9.17) is 26.1 Å². The number of ether oxygens (including phenoxy) is 2. The van der Waals surface area contributed by atoms with Gasteiger partial charge in [0.1, 0.15) is 5.82 Å². The molecule has 0 aromatic heterocycles. The summed E-state index contributed by atoms with van der Waals surface area (Å²) in [6.07, 6.45) is 6.07. The topological polar surface area (TPSA) is 46.1 Å². The Hall–Kier alpha value is -1.37. The lowest BCUT2D eigenvalue weighted by atomic mass is 10.1. The third-order valence-corrected chi connectivity index (χ3v) is 5.55. The van der Waals surface area contributed by atoms with Gasteiger partial charge in [-0.15, -0.1) is 0 Å². The van der Waals surface area contributed by atoms with Gasteiger partial charge in [-0.05, 0) is 56.7 Å². The Kier molecular flexibility index (Phi) is 8.37. The molecule has 3 rings (SSSR count). The molecule has 0 amide bonds. The maximum absolute atomic E-state index is 13.3. The van der Waals surface area contributed by atoms with Crippen molar-refractivity contribution in [2.24, 2.45) is 4.99 Å². The van der Waals surface area contributed by atoms with E-state index in [1.165, 1.54) is 18.9 Å². The smallest absolute Gasteiger partial charge is 0.194 e. The number of nitrogens with one attached hydrogen (secondary N) is 1. The molecule has 2 fully saturated rings. The number of guanidine groups is 1. The van der Waals surface area contributed by atoms with Gasteiger partial charge < -0.3 is 19.7 Å². The van der Waals surface area contributed by atoms with Gasteiger partial charge in [-0.1, -0.05) is 17.7 Å². The summed E-state index contributed by atoms with van der Waals surface area (Å²) < 4.78 is 25.2. The summed E-state index contributed by atoms with van der Waals surface area (Å²) in [5, 5.41) is 3.49. The minimum atomic E-state index is -0.401. The standard InChI is InChI=1S/C21H31ClFN3O2/c1-2-24-21(25-14-16-6-7-20(23)19(22)13-16)26-10-8-17(9-11-26)28-15-18-5-3-4-12-27-18/h6-7,13,17-18H,2-5,8-12,14-15H2,1H3,(H,24,25). The van der Waals surface area contributed by atoms with Crippen molar-refractivity contribution in [3.63, 3.8) is 0 Å². The van der Waals surface area contributed by atoms with Crippen LogP contribution in [0.2, 0.25) is 5.02 Å². The molecule has 2 aliphatic rings. The van der Waals surface area contributed by atoms with Crippen LogP contribution in [0.4, 0.5) is 4.39 Å². The molecule has 0 aliphatic carbocycles. The zero-order chi connectivity index (χ0) is 19.8. The first-order valence-corrected chi connectivity index (χ1v) is 10.7. The number of likely N-dealkylation sites (tertiary alicyclic amines) is 1. The normalized spacial score (nSPS) is 21.8. The number of benzene rings is 1. The summed E-state index contributed by atoms with van der Waals surface area (Å²) in [7, 11) is 0. The molecule has 7 heteroatoms. The number of halogens is 2. The number of nitrogens with zero attached hydrogens (tertiary/aromatic N) is 2. The molecule has 5 nitrogen and oxygen atoms in total. The fraction of sp³-hybridized carbons (Fsp3) is 0.667. The summed E-state index contributed by atoms with van der Waals surface area (Å²) in [5.74, 6) is 0.485. The fourth-order valence-corrected chi connectivity index (χ4v) is 3.85. The monoisotopic (exact) mass is 411 g/mol. The van der Waals surface area contributed by atoms with Gasteiger partial charge in [0.15, 0.2) is 5.96 Å². The van der Waals surface area contributed by atoms with Crippen molar-refractivity contribution < 1.29 is 13.9 Å². The molecule has 1 aromatic rings. The quantitative estimate of drug-likeness (QED) is 0.567. The minimum absolute atomic E-state index is 0.137. The first-order chi connectivity index (χ1) is 13.7. The summed E-state index contributed by atoms with van der Waals surface area (Å²) in [5.41, 5.74) is 0.896. The Morgan fingerprint density at radius 2 is 2.14 bits per heavy atom. The van der Waals surface area contributed by atoms with Gasteiger partial charge in [-0.2, -0.15) is 0 Å². The molecule has 0 spiro atoms. The van der Waals surface area contributed by atoms with Crippen LogP contribution in [0.15, 0.2) is 23.2 Å². The second kappa shape index (κ2) is 11.0. The Balaban J connectivity index is 1.48. The molecule has 28 heavy (non-hydrogen) atoms. The Labute approximate surface area is 172 Å². The molecule has 1 aromatic carbocycles. The molecule has 2 heterocycles. The van der Waals surface area contributed by atoms with Crippen molar-refractivity contribution in [1.29, 1.82) is 0 Å². The number of hydrogen-bond donors (Lipinski definition) is 1. The summed E-state index contributed by atoms with van der Waals surface area (Å²) >= 11 is 5.87. The van der Waals surface area contributed by atoms with Crippen LogP contribution in [0, 0.1) is 5.82 Å². The lowest BCUT2D eigenvalue weighted by Gasteiger charge is -2.35. The van der Waals surface area contributed by atoms with Crippen molar-refractivity contribution in [1.82, 2.24) is 10.2 Å². The van der Waals surface area contributed by atoms with Gasteiger partial charge >= 0.3 is 0 Å². The van der Waals surface area contributed by atoms with Crippen molar-refractivity contribution in [2.75, 3.05) is 32.8 Å².